The van der Waals surface area contributed by atoms with Gasteiger partial charge in [0.05, 0.1) is 17.4 Å². The lowest BCUT2D eigenvalue weighted by Crippen LogP contribution is -2.25. The van der Waals surface area contributed by atoms with Crippen molar-refractivity contribution in [1.82, 2.24) is 19.4 Å². The minimum absolute atomic E-state index is 0.114. The molecule has 0 aliphatic carbocycles. The molecule has 0 spiro atoms. The number of rotatable bonds is 4. The molecular weight excluding hydrogens is 352 g/mol. The van der Waals surface area contributed by atoms with Crippen LogP contribution in [0.3, 0.4) is 0 Å². The summed E-state index contributed by atoms with van der Waals surface area (Å²) in [5.74, 6) is -0.114. The SMILES string of the molecule is CNC(=O)CCn1cnc2c(c(C)c(C)n2-c2cc(Cl)ccc2C)c1=O. The molecule has 0 unspecified atom stereocenters. The number of carbonyl (C=O) groups excluding carboxylic acids is 1. The summed E-state index contributed by atoms with van der Waals surface area (Å²) in [5, 5.41) is 3.76. The number of halogens is 1. The maximum Gasteiger partial charge on any atom is 0.263 e. The Morgan fingerprint density at radius 3 is 2.69 bits per heavy atom. The van der Waals surface area contributed by atoms with Gasteiger partial charge >= 0.3 is 0 Å². The van der Waals surface area contributed by atoms with Gasteiger partial charge in [-0.1, -0.05) is 17.7 Å². The summed E-state index contributed by atoms with van der Waals surface area (Å²) in [5.41, 5.74) is 4.23. The average Bonchev–Trinajstić information content (AvgIpc) is 2.87. The summed E-state index contributed by atoms with van der Waals surface area (Å²) in [4.78, 5) is 29.0. The van der Waals surface area contributed by atoms with Crippen molar-refractivity contribution in [1.29, 1.82) is 0 Å². The van der Waals surface area contributed by atoms with Gasteiger partial charge in [-0.3, -0.25) is 18.7 Å². The zero-order chi connectivity index (χ0) is 19.0. The maximum absolute atomic E-state index is 13.0. The van der Waals surface area contributed by atoms with Crippen LogP contribution >= 0.6 is 11.6 Å². The van der Waals surface area contributed by atoms with Crippen LogP contribution in [0.5, 0.6) is 0 Å². The van der Waals surface area contributed by atoms with Crippen LogP contribution in [0.1, 0.15) is 23.2 Å². The fourth-order valence-electron chi connectivity index (χ4n) is 3.11. The van der Waals surface area contributed by atoms with E-state index in [4.69, 9.17) is 11.6 Å². The lowest BCUT2D eigenvalue weighted by atomic mass is 10.2. The average molecular weight is 373 g/mol. The van der Waals surface area contributed by atoms with Gasteiger partial charge in [-0.25, -0.2) is 4.98 Å². The van der Waals surface area contributed by atoms with Crippen molar-refractivity contribution in [3.05, 3.63) is 56.7 Å². The summed E-state index contributed by atoms with van der Waals surface area (Å²) in [6, 6.07) is 5.66. The van der Waals surface area contributed by atoms with Crippen LogP contribution < -0.4 is 10.9 Å². The van der Waals surface area contributed by atoms with Crippen molar-refractivity contribution in [3.63, 3.8) is 0 Å². The highest BCUT2D eigenvalue weighted by Gasteiger charge is 2.19. The molecule has 0 fully saturated rings. The molecule has 1 N–H and O–H groups in total. The monoisotopic (exact) mass is 372 g/mol. The van der Waals surface area contributed by atoms with Gasteiger partial charge in [0.2, 0.25) is 5.91 Å². The van der Waals surface area contributed by atoms with Gasteiger partial charge < -0.3 is 5.32 Å². The molecule has 3 aromatic rings. The molecule has 0 saturated carbocycles. The normalized spacial score (nSPS) is 11.1. The molecule has 0 aliphatic heterocycles. The van der Waals surface area contributed by atoms with Gasteiger partial charge in [-0.2, -0.15) is 0 Å². The van der Waals surface area contributed by atoms with Crippen LogP contribution in [0, 0.1) is 20.8 Å². The molecular formula is C19H21ClN4O2. The van der Waals surface area contributed by atoms with Crippen LogP contribution in [0.2, 0.25) is 5.02 Å². The van der Waals surface area contributed by atoms with Crippen molar-refractivity contribution in [2.24, 2.45) is 0 Å². The van der Waals surface area contributed by atoms with Gasteiger partial charge in [0.15, 0.2) is 5.65 Å². The van der Waals surface area contributed by atoms with E-state index in [0.717, 1.165) is 22.5 Å². The lowest BCUT2D eigenvalue weighted by Gasteiger charge is -2.12. The molecule has 0 aliphatic rings. The fourth-order valence-corrected chi connectivity index (χ4v) is 3.28. The first kappa shape index (κ1) is 18.2. The number of aromatic nitrogens is 3. The van der Waals surface area contributed by atoms with E-state index >= 15 is 0 Å². The van der Waals surface area contributed by atoms with Crippen LogP contribution in [0.25, 0.3) is 16.7 Å². The van der Waals surface area contributed by atoms with E-state index in [2.05, 4.69) is 10.3 Å². The van der Waals surface area contributed by atoms with Crippen LogP contribution in [0.4, 0.5) is 0 Å². The van der Waals surface area contributed by atoms with Crippen molar-refractivity contribution in [3.8, 4) is 5.69 Å². The Morgan fingerprint density at radius 1 is 1.27 bits per heavy atom. The van der Waals surface area contributed by atoms with Crippen LogP contribution in [0.15, 0.2) is 29.3 Å². The summed E-state index contributed by atoms with van der Waals surface area (Å²) in [6.45, 7) is 6.17. The number of aryl methyl sites for hydroxylation is 3. The molecule has 1 aromatic carbocycles. The Labute approximate surface area is 156 Å². The Balaban J connectivity index is 2.20. The number of benzene rings is 1. The molecule has 2 aromatic heterocycles. The van der Waals surface area contributed by atoms with Crippen molar-refractivity contribution in [2.45, 2.75) is 33.7 Å². The molecule has 3 rings (SSSR count). The minimum atomic E-state index is -0.141. The Morgan fingerprint density at radius 2 is 2.00 bits per heavy atom. The second kappa shape index (κ2) is 6.96. The zero-order valence-electron chi connectivity index (χ0n) is 15.3. The quantitative estimate of drug-likeness (QED) is 0.765. The fraction of sp³-hybridized carbons (Fsp3) is 0.316. The minimum Gasteiger partial charge on any atom is -0.359 e. The highest BCUT2D eigenvalue weighted by Crippen LogP contribution is 2.28. The summed E-state index contributed by atoms with van der Waals surface area (Å²) in [7, 11) is 1.58. The highest BCUT2D eigenvalue weighted by atomic mass is 35.5. The molecule has 0 bridgehead atoms. The first-order valence-corrected chi connectivity index (χ1v) is 8.77. The van der Waals surface area contributed by atoms with E-state index in [1.54, 1.807) is 7.05 Å². The second-order valence-corrected chi connectivity index (χ2v) is 6.78. The molecule has 2 heterocycles. The summed E-state index contributed by atoms with van der Waals surface area (Å²) >= 11 is 6.18. The number of carbonyl (C=O) groups is 1. The van der Waals surface area contributed by atoms with E-state index in [9.17, 15) is 9.59 Å². The molecule has 0 radical (unpaired) electrons. The number of amides is 1. The highest BCUT2D eigenvalue weighted by molar-refractivity contribution is 6.30. The molecule has 6 nitrogen and oxygen atoms in total. The third-order valence-electron chi connectivity index (χ3n) is 4.75. The first-order valence-electron chi connectivity index (χ1n) is 8.39. The molecule has 136 valence electrons. The smallest absolute Gasteiger partial charge is 0.263 e. The maximum atomic E-state index is 13.0. The largest absolute Gasteiger partial charge is 0.359 e. The summed E-state index contributed by atoms with van der Waals surface area (Å²) < 4.78 is 3.45. The van der Waals surface area contributed by atoms with E-state index in [1.807, 2.05) is 43.5 Å². The predicted octanol–water partition coefficient (Wildman–Crippen LogP) is 2.90. The van der Waals surface area contributed by atoms with Crippen molar-refractivity contribution >= 4 is 28.5 Å². The Kier molecular flexibility index (Phi) is 4.87. The summed E-state index contributed by atoms with van der Waals surface area (Å²) in [6.07, 6.45) is 1.73. The second-order valence-electron chi connectivity index (χ2n) is 6.34. The van der Waals surface area contributed by atoms with Crippen molar-refractivity contribution in [2.75, 3.05) is 7.05 Å². The van der Waals surface area contributed by atoms with E-state index < -0.39 is 0 Å². The van der Waals surface area contributed by atoms with Crippen LogP contribution in [-0.2, 0) is 11.3 Å². The van der Waals surface area contributed by atoms with Gasteiger partial charge in [0, 0.05) is 30.7 Å². The first-order chi connectivity index (χ1) is 12.3. The van der Waals surface area contributed by atoms with Gasteiger partial charge in [0.25, 0.3) is 5.56 Å². The molecule has 1 amide bonds. The van der Waals surface area contributed by atoms with Crippen LogP contribution in [-0.4, -0.2) is 27.1 Å². The number of hydrogen-bond acceptors (Lipinski definition) is 3. The van der Waals surface area contributed by atoms with Gasteiger partial charge in [-0.15, -0.1) is 0 Å². The number of fused-ring (bicyclic) bond motifs is 1. The molecule has 26 heavy (non-hydrogen) atoms. The zero-order valence-corrected chi connectivity index (χ0v) is 16.0. The van der Waals surface area contributed by atoms with Gasteiger partial charge in [-0.05, 0) is 44.0 Å². The number of hydrogen-bond donors (Lipinski definition) is 1. The Hall–Kier alpha value is -2.60. The third kappa shape index (κ3) is 3.01. The molecule has 0 saturated heterocycles. The third-order valence-corrected chi connectivity index (χ3v) is 4.99. The topological polar surface area (TPSA) is 68.9 Å². The number of nitrogens with zero attached hydrogens (tertiary/aromatic N) is 3. The van der Waals surface area contributed by atoms with Gasteiger partial charge in [0.1, 0.15) is 0 Å². The molecule has 7 heteroatoms. The predicted molar refractivity (Wildman–Crippen MR) is 103 cm³/mol. The van der Waals surface area contributed by atoms with E-state index in [-0.39, 0.29) is 17.9 Å². The standard InChI is InChI=1S/C19H21ClN4O2/c1-11-5-6-14(20)9-15(11)24-13(3)12(2)17-18(24)22-10-23(19(17)26)8-7-16(25)21-4/h5-6,9-10H,7-8H2,1-4H3,(H,21,25). The van der Waals surface area contributed by atoms with E-state index in [1.165, 1.54) is 10.9 Å². The van der Waals surface area contributed by atoms with E-state index in [0.29, 0.717) is 22.6 Å². The Bertz CT molecular complexity index is 1070. The van der Waals surface area contributed by atoms with Crippen molar-refractivity contribution < 1.29 is 4.79 Å². The lowest BCUT2D eigenvalue weighted by molar-refractivity contribution is -0.120. The number of nitrogens with one attached hydrogen (secondary N) is 1. The molecule has 0 atom stereocenters.